The topological polar surface area (TPSA) is 55.1 Å². The molecular weight excluding hydrogens is 298 g/mol. The molecule has 0 saturated heterocycles. The largest absolute Gasteiger partial charge is 0.478 e. The molecule has 2 aromatic rings. The number of carboxylic acids is 1. The molecule has 1 N–H and O–H groups in total. The van der Waals surface area contributed by atoms with Crippen molar-refractivity contribution in [3.05, 3.63) is 44.7 Å². The average Bonchev–Trinajstić information content (AvgIpc) is 2.59. The zero-order valence-corrected chi connectivity index (χ0v) is 11.4. The van der Waals surface area contributed by atoms with Gasteiger partial charge in [0.25, 0.3) is 0 Å². The minimum atomic E-state index is -1.06. The third kappa shape index (κ3) is 2.19. The smallest absolute Gasteiger partial charge is 0.339 e. The summed E-state index contributed by atoms with van der Waals surface area (Å²) < 4.78 is 1.38. The van der Waals surface area contributed by atoms with E-state index >= 15 is 0 Å². The number of nitrogens with zero attached hydrogens (tertiary/aromatic N) is 2. The summed E-state index contributed by atoms with van der Waals surface area (Å²) in [5.41, 5.74) is 0.943. The molecule has 0 aliphatic carbocycles. The van der Waals surface area contributed by atoms with E-state index in [0.717, 1.165) is 0 Å². The summed E-state index contributed by atoms with van der Waals surface area (Å²) in [7, 11) is 0. The molecule has 1 heterocycles. The van der Waals surface area contributed by atoms with Gasteiger partial charge in [-0.1, -0.05) is 34.8 Å². The van der Waals surface area contributed by atoms with Crippen LogP contribution in [0.25, 0.3) is 5.69 Å². The molecule has 0 radical (unpaired) electrons. The Morgan fingerprint density at radius 2 is 1.83 bits per heavy atom. The lowest BCUT2D eigenvalue weighted by Crippen LogP contribution is -2.03. The van der Waals surface area contributed by atoms with Crippen LogP contribution in [0.3, 0.4) is 0 Å². The van der Waals surface area contributed by atoms with Crippen molar-refractivity contribution in [2.24, 2.45) is 0 Å². The highest BCUT2D eigenvalue weighted by atomic mass is 35.5. The quantitative estimate of drug-likeness (QED) is 0.917. The highest BCUT2D eigenvalue weighted by Gasteiger charge is 2.18. The number of benzene rings is 1. The van der Waals surface area contributed by atoms with Crippen LogP contribution in [0.1, 0.15) is 16.1 Å². The second-order valence-corrected chi connectivity index (χ2v) is 4.83. The van der Waals surface area contributed by atoms with Gasteiger partial charge in [0, 0.05) is 5.02 Å². The van der Waals surface area contributed by atoms with Gasteiger partial charge in [0.1, 0.15) is 11.3 Å². The first-order chi connectivity index (χ1) is 8.41. The molecule has 0 bridgehead atoms. The predicted molar refractivity (Wildman–Crippen MR) is 70.3 cm³/mol. The molecule has 0 aliphatic rings. The molecule has 18 heavy (non-hydrogen) atoms. The van der Waals surface area contributed by atoms with Gasteiger partial charge in [-0.3, -0.25) is 0 Å². The van der Waals surface area contributed by atoms with E-state index in [0.29, 0.717) is 26.4 Å². The standard InChI is InChI=1S/C11H7Cl3N2O2/c1-5-7(11(17)18)4-15-16(5)10-8(13)2-6(12)3-9(10)14/h2-4H,1H3,(H,17,18). The molecule has 4 nitrogen and oxygen atoms in total. The Morgan fingerprint density at radius 1 is 1.28 bits per heavy atom. The molecule has 0 saturated carbocycles. The van der Waals surface area contributed by atoms with E-state index < -0.39 is 5.97 Å². The number of carboxylic acid groups (broad SMARTS) is 1. The summed E-state index contributed by atoms with van der Waals surface area (Å²) in [5, 5.41) is 14.0. The first kappa shape index (κ1) is 13.2. The van der Waals surface area contributed by atoms with Crippen LogP contribution in [0.2, 0.25) is 15.1 Å². The number of hydrogen-bond acceptors (Lipinski definition) is 2. The Balaban J connectivity index is 2.67. The molecule has 7 heteroatoms. The predicted octanol–water partition coefficient (Wildman–Crippen LogP) is 3.84. The lowest BCUT2D eigenvalue weighted by molar-refractivity contribution is 0.0696. The zero-order valence-electron chi connectivity index (χ0n) is 9.12. The Bertz CT molecular complexity index is 614. The van der Waals surface area contributed by atoms with Crippen LogP contribution < -0.4 is 0 Å². The van der Waals surface area contributed by atoms with Gasteiger partial charge in [-0.25, -0.2) is 9.48 Å². The molecule has 0 atom stereocenters. The number of hydrogen-bond donors (Lipinski definition) is 1. The maximum atomic E-state index is 10.9. The van der Waals surface area contributed by atoms with E-state index in [1.807, 2.05) is 0 Å². The Hall–Kier alpha value is -1.23. The van der Waals surface area contributed by atoms with Crippen LogP contribution in [0.4, 0.5) is 0 Å². The molecular formula is C11H7Cl3N2O2. The number of carbonyl (C=O) groups is 1. The third-order valence-corrected chi connectivity index (χ3v) is 3.23. The Kier molecular flexibility index (Phi) is 3.52. The van der Waals surface area contributed by atoms with Crippen molar-refractivity contribution in [3.63, 3.8) is 0 Å². The first-order valence-electron chi connectivity index (χ1n) is 4.84. The molecule has 0 fully saturated rings. The molecule has 0 amide bonds. The van der Waals surface area contributed by atoms with E-state index in [1.165, 1.54) is 23.0 Å². The van der Waals surface area contributed by atoms with Crippen molar-refractivity contribution >= 4 is 40.8 Å². The number of aromatic carboxylic acids is 1. The summed E-state index contributed by atoms with van der Waals surface area (Å²) >= 11 is 17.9. The van der Waals surface area contributed by atoms with Gasteiger partial charge >= 0.3 is 5.97 Å². The van der Waals surface area contributed by atoms with Crippen LogP contribution in [-0.2, 0) is 0 Å². The monoisotopic (exact) mass is 304 g/mol. The maximum absolute atomic E-state index is 10.9. The maximum Gasteiger partial charge on any atom is 0.339 e. The summed E-state index contributed by atoms with van der Waals surface area (Å²) in [6, 6.07) is 3.04. The van der Waals surface area contributed by atoms with E-state index in [2.05, 4.69) is 5.10 Å². The molecule has 94 valence electrons. The van der Waals surface area contributed by atoms with E-state index in [1.54, 1.807) is 6.92 Å². The van der Waals surface area contributed by atoms with Gasteiger partial charge in [0.05, 0.1) is 21.9 Å². The van der Waals surface area contributed by atoms with E-state index in [9.17, 15) is 4.79 Å². The van der Waals surface area contributed by atoms with Gasteiger partial charge < -0.3 is 5.11 Å². The number of aromatic nitrogens is 2. The van der Waals surface area contributed by atoms with Crippen molar-refractivity contribution in [1.29, 1.82) is 0 Å². The first-order valence-corrected chi connectivity index (χ1v) is 5.98. The lowest BCUT2D eigenvalue weighted by Gasteiger charge is -2.09. The van der Waals surface area contributed by atoms with Crippen LogP contribution in [0, 0.1) is 6.92 Å². The molecule has 2 rings (SSSR count). The molecule has 0 unspecified atom stereocenters. The number of halogens is 3. The Morgan fingerprint density at radius 3 is 2.28 bits per heavy atom. The van der Waals surface area contributed by atoms with E-state index in [-0.39, 0.29) is 5.56 Å². The second kappa shape index (κ2) is 4.80. The van der Waals surface area contributed by atoms with Gasteiger partial charge in [-0.2, -0.15) is 5.10 Å². The summed E-state index contributed by atoms with van der Waals surface area (Å²) in [6.07, 6.45) is 1.25. The van der Waals surface area contributed by atoms with Crippen molar-refractivity contribution in [2.75, 3.05) is 0 Å². The molecule has 0 spiro atoms. The van der Waals surface area contributed by atoms with Crippen LogP contribution in [-0.4, -0.2) is 20.9 Å². The highest BCUT2D eigenvalue weighted by molar-refractivity contribution is 6.40. The average molecular weight is 306 g/mol. The molecule has 0 aliphatic heterocycles. The van der Waals surface area contributed by atoms with Gasteiger partial charge in [0.15, 0.2) is 0 Å². The van der Waals surface area contributed by atoms with Gasteiger partial charge in [-0.05, 0) is 19.1 Å². The summed E-state index contributed by atoms with van der Waals surface area (Å²) in [5.74, 6) is -1.06. The minimum Gasteiger partial charge on any atom is -0.478 e. The fraction of sp³-hybridized carbons (Fsp3) is 0.0909. The third-order valence-electron chi connectivity index (χ3n) is 2.43. The highest BCUT2D eigenvalue weighted by Crippen LogP contribution is 2.32. The lowest BCUT2D eigenvalue weighted by atomic mass is 10.2. The van der Waals surface area contributed by atoms with Crippen molar-refractivity contribution in [3.8, 4) is 5.69 Å². The summed E-state index contributed by atoms with van der Waals surface area (Å²) in [6.45, 7) is 1.62. The van der Waals surface area contributed by atoms with Crippen LogP contribution in [0.5, 0.6) is 0 Å². The second-order valence-electron chi connectivity index (χ2n) is 3.58. The van der Waals surface area contributed by atoms with Crippen molar-refractivity contribution in [1.82, 2.24) is 9.78 Å². The Labute approximate surface area is 118 Å². The fourth-order valence-corrected chi connectivity index (χ4v) is 2.56. The van der Waals surface area contributed by atoms with Gasteiger partial charge in [-0.15, -0.1) is 0 Å². The fourth-order valence-electron chi connectivity index (χ4n) is 1.58. The SMILES string of the molecule is Cc1c(C(=O)O)cnn1-c1c(Cl)cc(Cl)cc1Cl. The van der Waals surface area contributed by atoms with Crippen LogP contribution in [0.15, 0.2) is 18.3 Å². The summed E-state index contributed by atoms with van der Waals surface area (Å²) in [4.78, 5) is 10.9. The van der Waals surface area contributed by atoms with E-state index in [4.69, 9.17) is 39.9 Å². The minimum absolute atomic E-state index is 0.0945. The normalized spacial score (nSPS) is 10.7. The number of rotatable bonds is 2. The van der Waals surface area contributed by atoms with Gasteiger partial charge in [0.2, 0.25) is 0 Å². The van der Waals surface area contributed by atoms with Crippen LogP contribution >= 0.6 is 34.8 Å². The molecule has 1 aromatic heterocycles. The molecule has 1 aromatic carbocycles. The van der Waals surface area contributed by atoms with Crippen molar-refractivity contribution < 1.29 is 9.90 Å². The zero-order chi connectivity index (χ0) is 13.4. The van der Waals surface area contributed by atoms with Crippen molar-refractivity contribution in [2.45, 2.75) is 6.92 Å².